The standard InChI is InChI=1S/C12H20N2O2S2/c1-3-13-9-11-6-7-12(17-11)18(15,16)14-8-4-5-10(14)2/h6-7,10,13H,3-5,8-9H2,1-2H3. The highest BCUT2D eigenvalue weighted by Gasteiger charge is 2.33. The van der Waals surface area contributed by atoms with Crippen LogP contribution in [0.2, 0.25) is 0 Å². The van der Waals surface area contributed by atoms with Crippen molar-refractivity contribution in [1.82, 2.24) is 9.62 Å². The maximum absolute atomic E-state index is 12.4. The summed E-state index contributed by atoms with van der Waals surface area (Å²) in [5.41, 5.74) is 0. The molecule has 2 heterocycles. The van der Waals surface area contributed by atoms with Gasteiger partial charge in [-0.3, -0.25) is 0 Å². The van der Waals surface area contributed by atoms with Crippen LogP contribution in [0.25, 0.3) is 0 Å². The van der Waals surface area contributed by atoms with E-state index in [1.54, 1.807) is 10.4 Å². The van der Waals surface area contributed by atoms with Crippen molar-refractivity contribution < 1.29 is 8.42 Å². The Labute approximate surface area is 113 Å². The second-order valence-electron chi connectivity index (χ2n) is 4.61. The monoisotopic (exact) mass is 288 g/mol. The molecule has 0 bridgehead atoms. The largest absolute Gasteiger partial charge is 0.312 e. The summed E-state index contributed by atoms with van der Waals surface area (Å²) < 4.78 is 27.0. The fourth-order valence-electron chi connectivity index (χ4n) is 2.22. The Hall–Kier alpha value is -0.430. The van der Waals surface area contributed by atoms with Crippen LogP contribution in [0.4, 0.5) is 0 Å². The molecule has 1 N–H and O–H groups in total. The highest BCUT2D eigenvalue weighted by Crippen LogP contribution is 2.29. The van der Waals surface area contributed by atoms with E-state index in [0.29, 0.717) is 10.8 Å². The number of nitrogens with zero attached hydrogens (tertiary/aromatic N) is 1. The Balaban J connectivity index is 2.17. The van der Waals surface area contributed by atoms with E-state index in [2.05, 4.69) is 5.32 Å². The third-order valence-corrected chi connectivity index (χ3v) is 6.81. The second kappa shape index (κ2) is 5.69. The second-order valence-corrected chi connectivity index (χ2v) is 7.89. The summed E-state index contributed by atoms with van der Waals surface area (Å²) in [6.45, 7) is 6.31. The zero-order valence-electron chi connectivity index (χ0n) is 10.8. The molecular weight excluding hydrogens is 268 g/mol. The number of rotatable bonds is 5. The lowest BCUT2D eigenvalue weighted by Gasteiger charge is -2.19. The van der Waals surface area contributed by atoms with Crippen LogP contribution in [0.15, 0.2) is 16.3 Å². The van der Waals surface area contributed by atoms with Crippen molar-refractivity contribution in [2.45, 2.75) is 43.5 Å². The number of sulfonamides is 1. The maximum Gasteiger partial charge on any atom is 0.252 e. The van der Waals surface area contributed by atoms with Crippen LogP contribution in [0.3, 0.4) is 0 Å². The van der Waals surface area contributed by atoms with Gasteiger partial charge in [0.05, 0.1) is 0 Å². The molecule has 1 aromatic rings. The lowest BCUT2D eigenvalue weighted by Crippen LogP contribution is -2.33. The van der Waals surface area contributed by atoms with E-state index in [1.807, 2.05) is 19.9 Å². The van der Waals surface area contributed by atoms with Gasteiger partial charge in [-0.15, -0.1) is 11.3 Å². The molecule has 1 aliphatic heterocycles. The van der Waals surface area contributed by atoms with Gasteiger partial charge in [0, 0.05) is 24.0 Å². The van der Waals surface area contributed by atoms with Crippen LogP contribution in [-0.2, 0) is 16.6 Å². The van der Waals surface area contributed by atoms with E-state index in [-0.39, 0.29) is 6.04 Å². The van der Waals surface area contributed by atoms with Crippen molar-refractivity contribution in [3.63, 3.8) is 0 Å². The topological polar surface area (TPSA) is 49.4 Å². The van der Waals surface area contributed by atoms with Gasteiger partial charge in [0.1, 0.15) is 4.21 Å². The third kappa shape index (κ3) is 2.77. The van der Waals surface area contributed by atoms with Crippen molar-refractivity contribution in [2.75, 3.05) is 13.1 Å². The van der Waals surface area contributed by atoms with E-state index in [4.69, 9.17) is 0 Å². The smallest absolute Gasteiger partial charge is 0.252 e. The Morgan fingerprint density at radius 1 is 1.50 bits per heavy atom. The van der Waals surface area contributed by atoms with E-state index in [9.17, 15) is 8.42 Å². The highest BCUT2D eigenvalue weighted by molar-refractivity contribution is 7.91. The fraction of sp³-hybridized carbons (Fsp3) is 0.667. The number of hydrogen-bond donors (Lipinski definition) is 1. The summed E-state index contributed by atoms with van der Waals surface area (Å²) in [6.07, 6.45) is 1.94. The van der Waals surface area contributed by atoms with E-state index in [1.165, 1.54) is 11.3 Å². The first-order chi connectivity index (χ1) is 8.55. The molecule has 0 spiro atoms. The van der Waals surface area contributed by atoms with Crippen LogP contribution in [0.5, 0.6) is 0 Å². The first-order valence-electron chi connectivity index (χ1n) is 6.37. The normalized spacial score (nSPS) is 21.6. The van der Waals surface area contributed by atoms with Gasteiger partial charge in [-0.2, -0.15) is 4.31 Å². The van der Waals surface area contributed by atoms with Crippen molar-refractivity contribution in [3.8, 4) is 0 Å². The van der Waals surface area contributed by atoms with Gasteiger partial charge in [-0.1, -0.05) is 6.92 Å². The Bertz CT molecular complexity index is 496. The molecule has 1 aromatic heterocycles. The average Bonchev–Trinajstić information content (AvgIpc) is 2.95. The van der Waals surface area contributed by atoms with Crippen molar-refractivity contribution >= 4 is 21.4 Å². The summed E-state index contributed by atoms with van der Waals surface area (Å²) in [6, 6.07) is 3.77. The summed E-state index contributed by atoms with van der Waals surface area (Å²) in [4.78, 5) is 1.07. The summed E-state index contributed by atoms with van der Waals surface area (Å²) in [7, 11) is -3.27. The lowest BCUT2D eigenvalue weighted by atomic mass is 10.3. The minimum atomic E-state index is -3.27. The molecule has 2 rings (SSSR count). The zero-order chi connectivity index (χ0) is 13.2. The van der Waals surface area contributed by atoms with Gasteiger partial charge in [-0.05, 0) is 38.4 Å². The first kappa shape index (κ1) is 14.0. The van der Waals surface area contributed by atoms with Gasteiger partial charge < -0.3 is 5.32 Å². The molecule has 0 aromatic carbocycles. The van der Waals surface area contributed by atoms with E-state index < -0.39 is 10.0 Å². The SMILES string of the molecule is CCNCc1ccc(S(=O)(=O)N2CCCC2C)s1. The molecule has 1 aliphatic rings. The van der Waals surface area contributed by atoms with E-state index in [0.717, 1.165) is 30.8 Å². The molecular formula is C12H20N2O2S2. The van der Waals surface area contributed by atoms with Gasteiger partial charge in [0.15, 0.2) is 0 Å². The Morgan fingerprint density at radius 2 is 2.28 bits per heavy atom. The van der Waals surface area contributed by atoms with Crippen LogP contribution >= 0.6 is 11.3 Å². The minimum absolute atomic E-state index is 0.134. The molecule has 1 saturated heterocycles. The lowest BCUT2D eigenvalue weighted by molar-refractivity contribution is 0.409. The quantitative estimate of drug-likeness (QED) is 0.902. The minimum Gasteiger partial charge on any atom is -0.312 e. The van der Waals surface area contributed by atoms with Gasteiger partial charge >= 0.3 is 0 Å². The van der Waals surface area contributed by atoms with Gasteiger partial charge in [-0.25, -0.2) is 8.42 Å². The molecule has 1 atom stereocenters. The summed E-state index contributed by atoms with van der Waals surface area (Å²) in [5.74, 6) is 0. The Morgan fingerprint density at radius 3 is 2.89 bits per heavy atom. The predicted molar refractivity (Wildman–Crippen MR) is 74.3 cm³/mol. The van der Waals surface area contributed by atoms with E-state index >= 15 is 0 Å². The summed E-state index contributed by atoms with van der Waals surface area (Å²) in [5, 5.41) is 3.21. The van der Waals surface area contributed by atoms with Crippen LogP contribution in [0.1, 0.15) is 31.6 Å². The Kier molecular flexibility index (Phi) is 4.42. The molecule has 102 valence electrons. The molecule has 0 saturated carbocycles. The maximum atomic E-state index is 12.4. The van der Waals surface area contributed by atoms with Crippen LogP contribution in [0, 0.1) is 0 Å². The number of hydrogen-bond acceptors (Lipinski definition) is 4. The first-order valence-corrected chi connectivity index (χ1v) is 8.62. The van der Waals surface area contributed by atoms with Gasteiger partial charge in [0.25, 0.3) is 10.0 Å². The van der Waals surface area contributed by atoms with Crippen molar-refractivity contribution in [1.29, 1.82) is 0 Å². The molecule has 1 fully saturated rings. The van der Waals surface area contributed by atoms with Crippen LogP contribution in [-0.4, -0.2) is 31.9 Å². The molecule has 1 unspecified atom stereocenters. The molecule has 4 nitrogen and oxygen atoms in total. The number of thiophene rings is 1. The fourth-order valence-corrected chi connectivity index (χ4v) is 5.37. The van der Waals surface area contributed by atoms with Gasteiger partial charge in [0.2, 0.25) is 0 Å². The molecule has 0 amide bonds. The summed E-state index contributed by atoms with van der Waals surface area (Å²) >= 11 is 1.38. The molecule has 0 radical (unpaired) electrons. The van der Waals surface area contributed by atoms with Crippen LogP contribution < -0.4 is 5.32 Å². The molecule has 18 heavy (non-hydrogen) atoms. The molecule has 0 aliphatic carbocycles. The van der Waals surface area contributed by atoms with Crippen molar-refractivity contribution in [2.24, 2.45) is 0 Å². The number of nitrogens with one attached hydrogen (secondary N) is 1. The average molecular weight is 288 g/mol. The van der Waals surface area contributed by atoms with Crippen molar-refractivity contribution in [3.05, 3.63) is 17.0 Å². The molecule has 6 heteroatoms. The predicted octanol–water partition coefficient (Wildman–Crippen LogP) is 2.03. The third-order valence-electron chi connectivity index (χ3n) is 3.24. The zero-order valence-corrected chi connectivity index (χ0v) is 12.5. The highest BCUT2D eigenvalue weighted by atomic mass is 32.2.